The molecule has 0 spiro atoms. The van der Waals surface area contributed by atoms with Gasteiger partial charge < -0.3 is 11.1 Å². The summed E-state index contributed by atoms with van der Waals surface area (Å²) >= 11 is 0. The molecule has 0 bridgehead atoms. The minimum atomic E-state index is -0.279. The summed E-state index contributed by atoms with van der Waals surface area (Å²) in [6.07, 6.45) is 0.828. The number of nitrogens with zero attached hydrogens (tertiary/aromatic N) is 3. The highest BCUT2D eigenvalue weighted by atomic mass is 19.1. The molecule has 0 unspecified atom stereocenters. The summed E-state index contributed by atoms with van der Waals surface area (Å²) < 4.78 is 15.1. The van der Waals surface area contributed by atoms with Crippen molar-refractivity contribution in [2.24, 2.45) is 5.73 Å². The molecule has 0 aliphatic carbocycles. The van der Waals surface area contributed by atoms with Crippen LogP contribution in [0.5, 0.6) is 0 Å². The molecule has 1 aromatic carbocycles. The van der Waals surface area contributed by atoms with Crippen LogP contribution in [0.25, 0.3) is 16.9 Å². The molecule has 2 aromatic heterocycles. The number of halogens is 1. The van der Waals surface area contributed by atoms with E-state index < -0.39 is 0 Å². The molecule has 5 nitrogen and oxygen atoms in total. The highest BCUT2D eigenvalue weighted by molar-refractivity contribution is 5.65. The van der Waals surface area contributed by atoms with Crippen molar-refractivity contribution in [1.82, 2.24) is 14.6 Å². The van der Waals surface area contributed by atoms with Crippen molar-refractivity contribution >= 4 is 11.5 Å². The smallest absolute Gasteiger partial charge is 0.158 e. The van der Waals surface area contributed by atoms with Gasteiger partial charge in [-0.2, -0.15) is 9.61 Å². The standard InChI is InChI=1S/C16H18FN5/c1-2-13-9-15(19-7-6-18)22-16(20-13)10-14(21-22)11-4-3-5-12(17)8-11/h3-5,8-10,19H,2,6-7,18H2,1H3. The number of nitrogens with one attached hydrogen (secondary N) is 1. The second-order valence-corrected chi connectivity index (χ2v) is 5.01. The largest absolute Gasteiger partial charge is 0.369 e. The first-order valence-electron chi connectivity index (χ1n) is 7.31. The van der Waals surface area contributed by atoms with E-state index in [1.54, 1.807) is 10.6 Å². The third-order valence-electron chi connectivity index (χ3n) is 3.41. The third-order valence-corrected chi connectivity index (χ3v) is 3.41. The van der Waals surface area contributed by atoms with Gasteiger partial charge in [-0.15, -0.1) is 0 Å². The van der Waals surface area contributed by atoms with Crippen molar-refractivity contribution in [3.8, 4) is 11.3 Å². The van der Waals surface area contributed by atoms with Gasteiger partial charge in [0.05, 0.1) is 5.69 Å². The highest BCUT2D eigenvalue weighted by Crippen LogP contribution is 2.22. The van der Waals surface area contributed by atoms with E-state index in [4.69, 9.17) is 5.73 Å². The lowest BCUT2D eigenvalue weighted by molar-refractivity contribution is 0.628. The maximum Gasteiger partial charge on any atom is 0.158 e. The number of benzene rings is 1. The van der Waals surface area contributed by atoms with Gasteiger partial charge in [-0.05, 0) is 18.6 Å². The van der Waals surface area contributed by atoms with Crippen LogP contribution in [0.15, 0.2) is 36.4 Å². The summed E-state index contributed by atoms with van der Waals surface area (Å²) in [5.74, 6) is 0.563. The highest BCUT2D eigenvalue weighted by Gasteiger charge is 2.10. The van der Waals surface area contributed by atoms with Crippen LogP contribution >= 0.6 is 0 Å². The minimum Gasteiger partial charge on any atom is -0.369 e. The molecule has 0 aliphatic heterocycles. The van der Waals surface area contributed by atoms with E-state index >= 15 is 0 Å². The van der Waals surface area contributed by atoms with Gasteiger partial charge in [0.15, 0.2) is 5.65 Å². The lowest BCUT2D eigenvalue weighted by atomic mass is 10.1. The number of nitrogens with two attached hydrogens (primary N) is 1. The normalized spacial score (nSPS) is 11.0. The molecular formula is C16H18FN5. The molecule has 0 fully saturated rings. The van der Waals surface area contributed by atoms with Crippen molar-refractivity contribution < 1.29 is 4.39 Å². The Morgan fingerprint density at radius 2 is 2.14 bits per heavy atom. The van der Waals surface area contributed by atoms with Crippen LogP contribution in [-0.4, -0.2) is 27.7 Å². The average Bonchev–Trinajstić information content (AvgIpc) is 2.96. The summed E-state index contributed by atoms with van der Waals surface area (Å²) in [6.45, 7) is 3.23. The van der Waals surface area contributed by atoms with Crippen LogP contribution in [0.2, 0.25) is 0 Å². The van der Waals surface area contributed by atoms with Crippen LogP contribution in [0.4, 0.5) is 10.2 Å². The Morgan fingerprint density at radius 3 is 2.86 bits per heavy atom. The number of anilines is 1. The quantitative estimate of drug-likeness (QED) is 0.759. The molecule has 0 saturated heterocycles. The zero-order valence-corrected chi connectivity index (χ0v) is 12.4. The van der Waals surface area contributed by atoms with Gasteiger partial charge in [0.25, 0.3) is 0 Å². The molecule has 0 amide bonds. The van der Waals surface area contributed by atoms with E-state index in [0.29, 0.717) is 18.8 Å². The summed E-state index contributed by atoms with van der Waals surface area (Å²) in [6, 6.07) is 10.2. The molecule has 3 rings (SSSR count). The van der Waals surface area contributed by atoms with Gasteiger partial charge in [-0.25, -0.2) is 9.37 Å². The average molecular weight is 299 g/mol. The molecule has 0 saturated carbocycles. The maximum atomic E-state index is 13.4. The zero-order chi connectivity index (χ0) is 15.5. The third kappa shape index (κ3) is 2.78. The van der Waals surface area contributed by atoms with Crippen molar-refractivity contribution in [2.45, 2.75) is 13.3 Å². The summed E-state index contributed by atoms with van der Waals surface area (Å²) in [5, 5.41) is 7.79. The molecule has 2 heterocycles. The number of hydrogen-bond acceptors (Lipinski definition) is 4. The number of fused-ring (bicyclic) bond motifs is 1. The monoisotopic (exact) mass is 299 g/mol. The second-order valence-electron chi connectivity index (χ2n) is 5.01. The SMILES string of the molecule is CCc1cc(NCCN)n2nc(-c3cccc(F)c3)cc2n1. The van der Waals surface area contributed by atoms with Crippen molar-refractivity contribution in [3.63, 3.8) is 0 Å². The van der Waals surface area contributed by atoms with E-state index in [0.717, 1.165) is 29.1 Å². The molecule has 0 atom stereocenters. The molecule has 3 N–H and O–H groups in total. The lowest BCUT2D eigenvalue weighted by Gasteiger charge is -2.08. The molecule has 22 heavy (non-hydrogen) atoms. The van der Waals surface area contributed by atoms with Gasteiger partial charge >= 0.3 is 0 Å². The second kappa shape index (κ2) is 6.11. The number of aromatic nitrogens is 3. The Bertz CT molecular complexity index is 796. The van der Waals surface area contributed by atoms with Crippen molar-refractivity contribution in [2.75, 3.05) is 18.4 Å². The minimum absolute atomic E-state index is 0.279. The summed E-state index contributed by atoms with van der Waals surface area (Å²) in [4.78, 5) is 4.57. The molecular weight excluding hydrogens is 281 g/mol. The van der Waals surface area contributed by atoms with Gasteiger partial charge in [0.1, 0.15) is 11.6 Å². The van der Waals surface area contributed by atoms with Crippen LogP contribution in [0.3, 0.4) is 0 Å². The van der Waals surface area contributed by atoms with E-state index in [1.807, 2.05) is 18.2 Å². The molecule has 0 aliphatic rings. The van der Waals surface area contributed by atoms with Gasteiger partial charge in [0, 0.05) is 36.5 Å². The topological polar surface area (TPSA) is 68.2 Å². The predicted octanol–water partition coefficient (Wildman–Crippen LogP) is 2.47. The zero-order valence-electron chi connectivity index (χ0n) is 12.4. The summed E-state index contributed by atoms with van der Waals surface area (Å²) in [5.41, 5.74) is 8.68. The Hall–Kier alpha value is -2.47. The Balaban J connectivity index is 2.11. The Morgan fingerprint density at radius 1 is 1.27 bits per heavy atom. The van der Waals surface area contributed by atoms with E-state index in [-0.39, 0.29) is 5.82 Å². The molecule has 114 valence electrons. The summed E-state index contributed by atoms with van der Waals surface area (Å²) in [7, 11) is 0. The molecule has 0 radical (unpaired) electrons. The van der Waals surface area contributed by atoms with Gasteiger partial charge in [-0.1, -0.05) is 19.1 Å². The first-order chi connectivity index (χ1) is 10.7. The number of rotatable bonds is 5. The van der Waals surface area contributed by atoms with E-state index in [2.05, 4.69) is 22.3 Å². The fraction of sp³-hybridized carbons (Fsp3) is 0.250. The fourth-order valence-corrected chi connectivity index (χ4v) is 2.32. The predicted molar refractivity (Wildman–Crippen MR) is 85.3 cm³/mol. The first kappa shape index (κ1) is 14.5. The number of aryl methyl sites for hydroxylation is 1. The number of hydrogen-bond donors (Lipinski definition) is 2. The molecule has 6 heteroatoms. The van der Waals surface area contributed by atoms with Crippen LogP contribution in [0, 0.1) is 5.82 Å². The van der Waals surface area contributed by atoms with Crippen LogP contribution < -0.4 is 11.1 Å². The first-order valence-corrected chi connectivity index (χ1v) is 7.31. The Labute approximate surface area is 128 Å². The van der Waals surface area contributed by atoms with E-state index in [9.17, 15) is 4.39 Å². The fourth-order valence-electron chi connectivity index (χ4n) is 2.32. The van der Waals surface area contributed by atoms with Crippen LogP contribution in [-0.2, 0) is 6.42 Å². The van der Waals surface area contributed by atoms with Gasteiger partial charge in [0.2, 0.25) is 0 Å². The molecule has 3 aromatic rings. The van der Waals surface area contributed by atoms with Gasteiger partial charge in [-0.3, -0.25) is 0 Å². The van der Waals surface area contributed by atoms with Crippen molar-refractivity contribution in [3.05, 3.63) is 47.9 Å². The maximum absolute atomic E-state index is 13.4. The van der Waals surface area contributed by atoms with Crippen LogP contribution in [0.1, 0.15) is 12.6 Å². The van der Waals surface area contributed by atoms with Crippen molar-refractivity contribution in [1.29, 1.82) is 0 Å². The lowest BCUT2D eigenvalue weighted by Crippen LogP contribution is -2.16. The Kier molecular flexibility index (Phi) is 4.02. The van der Waals surface area contributed by atoms with E-state index in [1.165, 1.54) is 12.1 Å².